The summed E-state index contributed by atoms with van der Waals surface area (Å²) in [6.07, 6.45) is 4.54. The standard InChI is InChI=1S/C23H22FN5O4/c24-18-10-17-15(12-29(23(17)33)19-1-2-20(30)27-21(19)31)9-16(18)13-4-7-28(8-5-13)22(32)14-3-6-25-26-11-14/h3,6,9-11,13,19H,1-2,4-5,7-8,12H2,(H,27,30,31). The summed E-state index contributed by atoms with van der Waals surface area (Å²) in [5, 5.41) is 9.69. The smallest absolute Gasteiger partial charge is 0.255 e. The van der Waals surface area contributed by atoms with Gasteiger partial charge in [-0.05, 0) is 48.4 Å². The summed E-state index contributed by atoms with van der Waals surface area (Å²) in [7, 11) is 0. The minimum Gasteiger partial charge on any atom is -0.339 e. The van der Waals surface area contributed by atoms with Crippen molar-refractivity contribution >= 4 is 23.6 Å². The number of imide groups is 1. The van der Waals surface area contributed by atoms with Gasteiger partial charge in [0.1, 0.15) is 11.9 Å². The van der Waals surface area contributed by atoms with Crippen molar-refractivity contribution in [2.45, 2.75) is 44.2 Å². The number of carbonyl (C=O) groups is 4. The van der Waals surface area contributed by atoms with Gasteiger partial charge < -0.3 is 9.80 Å². The van der Waals surface area contributed by atoms with E-state index in [9.17, 15) is 19.2 Å². The summed E-state index contributed by atoms with van der Waals surface area (Å²) in [4.78, 5) is 52.3. The molecule has 0 aliphatic carbocycles. The van der Waals surface area contributed by atoms with E-state index in [2.05, 4.69) is 15.5 Å². The number of piperidine rings is 2. The summed E-state index contributed by atoms with van der Waals surface area (Å²) in [6, 6.07) is 3.88. The number of aromatic nitrogens is 2. The normalized spacial score (nSPS) is 21.2. The lowest BCUT2D eigenvalue weighted by Gasteiger charge is -2.32. The Labute approximate surface area is 189 Å². The van der Waals surface area contributed by atoms with Crippen molar-refractivity contribution in [3.05, 3.63) is 58.7 Å². The first-order valence-electron chi connectivity index (χ1n) is 11.0. The number of hydrogen-bond donors (Lipinski definition) is 1. The molecular weight excluding hydrogens is 429 g/mol. The van der Waals surface area contributed by atoms with Crippen molar-refractivity contribution in [3.8, 4) is 0 Å². The van der Waals surface area contributed by atoms with E-state index in [1.165, 1.54) is 23.4 Å². The van der Waals surface area contributed by atoms with Gasteiger partial charge in [-0.25, -0.2) is 4.39 Å². The van der Waals surface area contributed by atoms with Gasteiger partial charge in [0.05, 0.1) is 18.0 Å². The van der Waals surface area contributed by atoms with Gasteiger partial charge in [-0.1, -0.05) is 6.07 Å². The van der Waals surface area contributed by atoms with Crippen molar-refractivity contribution < 1.29 is 23.6 Å². The molecule has 4 amide bonds. The molecule has 170 valence electrons. The molecule has 1 aromatic carbocycles. The Hall–Kier alpha value is -3.69. The highest BCUT2D eigenvalue weighted by molar-refractivity contribution is 6.05. The summed E-state index contributed by atoms with van der Waals surface area (Å²) >= 11 is 0. The van der Waals surface area contributed by atoms with Crippen LogP contribution in [-0.4, -0.2) is 62.8 Å². The Balaban J connectivity index is 1.29. The molecule has 9 nitrogen and oxygen atoms in total. The lowest BCUT2D eigenvalue weighted by Crippen LogP contribution is -2.52. The third-order valence-electron chi connectivity index (χ3n) is 6.69. The minimum absolute atomic E-state index is 0.0744. The second-order valence-electron chi connectivity index (χ2n) is 8.63. The van der Waals surface area contributed by atoms with Crippen LogP contribution in [-0.2, 0) is 16.1 Å². The molecule has 1 atom stereocenters. The number of nitrogens with one attached hydrogen (secondary N) is 1. The Morgan fingerprint density at radius 1 is 1.09 bits per heavy atom. The molecule has 1 unspecified atom stereocenters. The molecule has 2 aromatic rings. The quantitative estimate of drug-likeness (QED) is 0.706. The molecule has 3 aliphatic heterocycles. The number of amides is 4. The zero-order valence-corrected chi connectivity index (χ0v) is 17.8. The van der Waals surface area contributed by atoms with Crippen LogP contribution in [0.2, 0.25) is 0 Å². The van der Waals surface area contributed by atoms with Gasteiger partial charge >= 0.3 is 0 Å². The number of fused-ring (bicyclic) bond motifs is 1. The van der Waals surface area contributed by atoms with E-state index in [4.69, 9.17) is 0 Å². The van der Waals surface area contributed by atoms with Gasteiger partial charge in [-0.15, -0.1) is 0 Å². The molecule has 0 bridgehead atoms. The average Bonchev–Trinajstić information content (AvgIpc) is 3.14. The first kappa shape index (κ1) is 21.2. The van der Waals surface area contributed by atoms with Crippen LogP contribution < -0.4 is 5.32 Å². The summed E-state index contributed by atoms with van der Waals surface area (Å²) in [5.74, 6) is -1.88. The van der Waals surface area contributed by atoms with E-state index in [1.54, 1.807) is 17.0 Å². The maximum Gasteiger partial charge on any atom is 0.255 e. The maximum absolute atomic E-state index is 15.0. The number of carbonyl (C=O) groups excluding carboxylic acids is 4. The molecule has 1 N–H and O–H groups in total. The van der Waals surface area contributed by atoms with Crippen molar-refractivity contribution in [3.63, 3.8) is 0 Å². The largest absolute Gasteiger partial charge is 0.339 e. The van der Waals surface area contributed by atoms with E-state index in [0.717, 1.165) is 0 Å². The molecule has 5 rings (SSSR count). The van der Waals surface area contributed by atoms with Crippen LogP contribution in [0.4, 0.5) is 4.39 Å². The van der Waals surface area contributed by atoms with E-state index < -0.39 is 23.7 Å². The number of rotatable bonds is 3. The van der Waals surface area contributed by atoms with Crippen LogP contribution in [0.5, 0.6) is 0 Å². The van der Waals surface area contributed by atoms with Crippen molar-refractivity contribution in [1.29, 1.82) is 0 Å². The molecule has 33 heavy (non-hydrogen) atoms. The third kappa shape index (κ3) is 3.85. The first-order valence-corrected chi connectivity index (χ1v) is 11.0. The van der Waals surface area contributed by atoms with E-state index in [-0.39, 0.29) is 42.7 Å². The summed E-state index contributed by atoms with van der Waals surface area (Å²) in [6.45, 7) is 1.19. The number of hydrogen-bond acceptors (Lipinski definition) is 6. The minimum atomic E-state index is -0.731. The molecule has 0 radical (unpaired) electrons. The Morgan fingerprint density at radius 3 is 2.58 bits per heavy atom. The molecular formula is C23H22FN5O4. The fourth-order valence-corrected chi connectivity index (χ4v) is 4.91. The fraction of sp³-hybridized carbons (Fsp3) is 0.391. The third-order valence-corrected chi connectivity index (χ3v) is 6.69. The van der Waals surface area contributed by atoms with Crippen LogP contribution in [0, 0.1) is 5.82 Å². The molecule has 3 aliphatic rings. The Bertz CT molecular complexity index is 1150. The van der Waals surface area contributed by atoms with Gasteiger partial charge in [-0.2, -0.15) is 10.2 Å². The SMILES string of the molecule is O=C1CCC(N2Cc3cc(C4CCN(C(=O)c5ccnnc5)CC4)c(F)cc3C2=O)C(=O)N1. The molecule has 1 aromatic heterocycles. The first-order chi connectivity index (χ1) is 15.9. The molecule has 10 heteroatoms. The van der Waals surface area contributed by atoms with Crippen LogP contribution in [0.3, 0.4) is 0 Å². The zero-order chi connectivity index (χ0) is 23.1. The molecule has 0 saturated carbocycles. The van der Waals surface area contributed by atoms with Crippen molar-refractivity contribution in [2.75, 3.05) is 13.1 Å². The second-order valence-corrected chi connectivity index (χ2v) is 8.63. The van der Waals surface area contributed by atoms with Crippen LogP contribution in [0.1, 0.15) is 63.4 Å². The fourth-order valence-electron chi connectivity index (χ4n) is 4.91. The number of benzene rings is 1. The topological polar surface area (TPSA) is 113 Å². The van der Waals surface area contributed by atoms with Gasteiger partial charge in [0.25, 0.3) is 11.8 Å². The van der Waals surface area contributed by atoms with Gasteiger partial charge in [0.2, 0.25) is 11.8 Å². The summed E-state index contributed by atoms with van der Waals surface area (Å²) < 4.78 is 15.0. The maximum atomic E-state index is 15.0. The Kier molecular flexibility index (Phi) is 5.35. The molecule has 2 fully saturated rings. The van der Waals surface area contributed by atoms with Crippen molar-refractivity contribution in [1.82, 2.24) is 25.3 Å². The van der Waals surface area contributed by atoms with Crippen LogP contribution in [0.15, 0.2) is 30.6 Å². The lowest BCUT2D eigenvalue weighted by molar-refractivity contribution is -0.136. The van der Waals surface area contributed by atoms with E-state index in [1.807, 2.05) is 0 Å². The monoisotopic (exact) mass is 451 g/mol. The van der Waals surface area contributed by atoms with E-state index >= 15 is 4.39 Å². The van der Waals surface area contributed by atoms with Crippen LogP contribution >= 0.6 is 0 Å². The Morgan fingerprint density at radius 2 is 1.88 bits per heavy atom. The lowest BCUT2D eigenvalue weighted by atomic mass is 9.87. The molecule has 0 spiro atoms. The average molecular weight is 451 g/mol. The number of halogens is 1. The highest BCUT2D eigenvalue weighted by atomic mass is 19.1. The predicted molar refractivity (Wildman–Crippen MR) is 112 cm³/mol. The highest BCUT2D eigenvalue weighted by Crippen LogP contribution is 2.35. The molecule has 4 heterocycles. The van der Waals surface area contributed by atoms with Gasteiger partial charge in [0.15, 0.2) is 0 Å². The van der Waals surface area contributed by atoms with Gasteiger partial charge in [0, 0.05) is 31.6 Å². The van der Waals surface area contributed by atoms with Gasteiger partial charge in [-0.3, -0.25) is 24.5 Å². The zero-order valence-electron chi connectivity index (χ0n) is 17.8. The van der Waals surface area contributed by atoms with E-state index in [0.29, 0.717) is 42.6 Å². The van der Waals surface area contributed by atoms with Crippen molar-refractivity contribution in [2.24, 2.45) is 0 Å². The van der Waals surface area contributed by atoms with Crippen LogP contribution in [0.25, 0.3) is 0 Å². The second kappa shape index (κ2) is 8.34. The number of nitrogens with zero attached hydrogens (tertiary/aromatic N) is 4. The molecule has 2 saturated heterocycles. The predicted octanol–water partition coefficient (Wildman–Crippen LogP) is 1.40. The summed E-state index contributed by atoms with van der Waals surface area (Å²) in [5.41, 5.74) is 1.95. The number of likely N-dealkylation sites (tertiary alicyclic amines) is 1. The highest BCUT2D eigenvalue weighted by Gasteiger charge is 2.40.